The van der Waals surface area contributed by atoms with E-state index in [1.54, 1.807) is 49.6 Å². The van der Waals surface area contributed by atoms with Crippen LogP contribution < -0.4 is 34.6 Å². The van der Waals surface area contributed by atoms with E-state index >= 15 is 0 Å². The van der Waals surface area contributed by atoms with Gasteiger partial charge in [-0.15, -0.1) is 0 Å². The van der Waals surface area contributed by atoms with Crippen molar-refractivity contribution >= 4 is 23.5 Å². The Morgan fingerprint density at radius 1 is 0.629 bits per heavy atom. The number of carbonyl (C=O) groups is 2. The van der Waals surface area contributed by atoms with Crippen LogP contribution in [-0.4, -0.2) is 146 Å². The Morgan fingerprint density at radius 3 is 1.60 bits per heavy atom. The number of pyridine rings is 2. The van der Waals surface area contributed by atoms with Gasteiger partial charge in [-0.3, -0.25) is 9.59 Å². The van der Waals surface area contributed by atoms with Crippen molar-refractivity contribution in [3.05, 3.63) is 77.1 Å². The molecule has 0 saturated carbocycles. The van der Waals surface area contributed by atoms with Crippen molar-refractivity contribution in [2.75, 3.05) is 69.4 Å². The lowest BCUT2D eigenvalue weighted by atomic mass is 10.1. The molecule has 6 N–H and O–H groups in total. The van der Waals surface area contributed by atoms with Gasteiger partial charge in [-0.2, -0.15) is 9.97 Å². The van der Waals surface area contributed by atoms with Crippen molar-refractivity contribution in [1.82, 2.24) is 40.9 Å². The van der Waals surface area contributed by atoms with Gasteiger partial charge in [0.1, 0.15) is 42.8 Å². The molecule has 0 aliphatic rings. The summed E-state index contributed by atoms with van der Waals surface area (Å²) >= 11 is 0. The molecule has 0 aliphatic carbocycles. The van der Waals surface area contributed by atoms with Crippen molar-refractivity contribution in [1.29, 1.82) is 0 Å². The zero-order chi connectivity index (χ0) is 50.6. The smallest absolute Gasteiger partial charge is 0.259 e. The third-order valence-corrected chi connectivity index (χ3v) is 11.5. The summed E-state index contributed by atoms with van der Waals surface area (Å²) in [5.74, 6) is 1.92. The molecule has 21 heteroatoms. The van der Waals surface area contributed by atoms with Crippen LogP contribution in [0.1, 0.15) is 49.9 Å². The molecule has 6 rings (SSSR count). The minimum absolute atomic E-state index is 0.236. The van der Waals surface area contributed by atoms with Crippen molar-refractivity contribution in [2.24, 2.45) is 0 Å². The van der Waals surface area contributed by atoms with Crippen LogP contribution in [0.5, 0.6) is 17.2 Å². The Bertz CT molecular complexity index is 2720. The van der Waals surface area contributed by atoms with Crippen LogP contribution in [0.15, 0.2) is 63.9 Å². The third-order valence-electron chi connectivity index (χ3n) is 11.5. The van der Waals surface area contributed by atoms with Crippen LogP contribution in [0.25, 0.3) is 45.7 Å². The van der Waals surface area contributed by atoms with Gasteiger partial charge in [0.2, 0.25) is 11.6 Å². The fourth-order valence-corrected chi connectivity index (χ4v) is 7.59. The van der Waals surface area contributed by atoms with Gasteiger partial charge in [-0.1, -0.05) is 10.3 Å². The number of aliphatic hydroxyl groups excluding tert-OH is 4. The summed E-state index contributed by atoms with van der Waals surface area (Å²) in [6, 6.07) is 12.5. The fourth-order valence-electron chi connectivity index (χ4n) is 7.59. The van der Waals surface area contributed by atoms with Gasteiger partial charge in [0.25, 0.3) is 23.6 Å². The highest BCUT2D eigenvalue weighted by atomic mass is 16.5. The van der Waals surface area contributed by atoms with Crippen LogP contribution in [0.3, 0.4) is 0 Å². The monoisotopic (exact) mass is 966 g/mol. The maximum Gasteiger partial charge on any atom is 0.259 e. The van der Waals surface area contributed by atoms with Gasteiger partial charge in [-0.25, -0.2) is 9.97 Å². The van der Waals surface area contributed by atoms with E-state index in [0.29, 0.717) is 68.5 Å². The average Bonchev–Trinajstić information content (AvgIpc) is 4.06. The van der Waals surface area contributed by atoms with Crippen molar-refractivity contribution in [3.63, 3.8) is 0 Å². The maximum absolute atomic E-state index is 12.7. The van der Waals surface area contributed by atoms with E-state index < -0.39 is 42.8 Å². The molecule has 4 aromatic heterocycles. The number of hydrogen-bond acceptors (Lipinski definition) is 19. The van der Waals surface area contributed by atoms with Gasteiger partial charge in [-0.05, 0) is 120 Å². The molecule has 0 radical (unpaired) electrons. The molecule has 4 unspecified atom stereocenters. The van der Waals surface area contributed by atoms with Crippen LogP contribution in [0.2, 0.25) is 0 Å². The number of hydrogen-bond donors (Lipinski definition) is 6. The number of benzene rings is 2. The molecule has 0 spiro atoms. The molecule has 374 valence electrons. The zero-order valence-electron chi connectivity index (χ0n) is 40.9. The summed E-state index contributed by atoms with van der Waals surface area (Å²) in [6.07, 6.45) is -3.46. The Hall–Kier alpha value is -7.20. The number of methoxy groups -OCH3 is 1. The van der Waals surface area contributed by atoms with Crippen molar-refractivity contribution in [2.45, 2.75) is 79.8 Å². The number of anilines is 2. The van der Waals surface area contributed by atoms with E-state index in [0.717, 1.165) is 54.5 Å². The van der Waals surface area contributed by atoms with Crippen LogP contribution in [0, 0.1) is 27.7 Å². The Labute approximate surface area is 405 Å². The summed E-state index contributed by atoms with van der Waals surface area (Å²) in [6.45, 7) is 17.9. The predicted molar refractivity (Wildman–Crippen MR) is 260 cm³/mol. The Balaban J connectivity index is 0.927. The van der Waals surface area contributed by atoms with E-state index in [4.69, 9.17) is 23.3 Å². The summed E-state index contributed by atoms with van der Waals surface area (Å²) in [5.41, 5.74) is 6.03. The lowest BCUT2D eigenvalue weighted by Crippen LogP contribution is -2.52. The first-order chi connectivity index (χ1) is 33.6. The second kappa shape index (κ2) is 23.9. The Morgan fingerprint density at radius 2 is 1.11 bits per heavy atom. The fraction of sp³-hybridized carbons (Fsp3) is 0.429. The second-order valence-electron chi connectivity index (χ2n) is 16.5. The van der Waals surface area contributed by atoms with Gasteiger partial charge in [0.05, 0.1) is 18.2 Å². The molecule has 21 nitrogen and oxygen atoms in total. The van der Waals surface area contributed by atoms with Crippen molar-refractivity contribution in [3.8, 4) is 62.9 Å². The molecular formula is C49H62N10O11. The first-order valence-corrected chi connectivity index (χ1v) is 23.0. The van der Waals surface area contributed by atoms with E-state index in [2.05, 4.69) is 78.4 Å². The molecule has 70 heavy (non-hydrogen) atoms. The number of rotatable bonds is 24. The van der Waals surface area contributed by atoms with E-state index in [9.17, 15) is 30.0 Å². The predicted octanol–water partition coefficient (Wildman–Crippen LogP) is 3.98. The molecule has 4 atom stereocenters. The van der Waals surface area contributed by atoms with E-state index in [1.807, 2.05) is 32.9 Å². The summed E-state index contributed by atoms with van der Waals surface area (Å²) in [7, 11) is 1.45. The third kappa shape index (κ3) is 12.5. The van der Waals surface area contributed by atoms with Crippen LogP contribution in [-0.2, 0) is 9.59 Å². The molecule has 0 saturated heterocycles. The topological polar surface area (TPSA) is 277 Å². The van der Waals surface area contributed by atoms with Crippen molar-refractivity contribution < 1.29 is 53.3 Å². The van der Waals surface area contributed by atoms with E-state index in [-0.39, 0.29) is 19.8 Å². The molecule has 0 aliphatic heterocycles. The first kappa shape index (κ1) is 52.2. The number of aromatic nitrogens is 6. The molecule has 0 bridgehead atoms. The summed E-state index contributed by atoms with van der Waals surface area (Å²) in [4.78, 5) is 48.0. The highest BCUT2D eigenvalue weighted by Crippen LogP contribution is 2.36. The number of carbonyl (C=O) groups excluding carboxylic acids is 2. The quantitative estimate of drug-likeness (QED) is 0.0500. The van der Waals surface area contributed by atoms with Gasteiger partial charge in [0.15, 0.2) is 23.7 Å². The number of aliphatic hydroxyl groups is 4. The highest BCUT2D eigenvalue weighted by Gasteiger charge is 2.31. The molecule has 0 fully saturated rings. The average molecular weight is 967 g/mol. The standard InChI is InChI=1S/C49H62N10O11/c1-10-58(11-2)44-29(7)17-32(21-50-44)48-54-42(56-69-48)31-16-28(6)41(38(20-31)66-9)68-26-35(61)24-53-47(65)40(63)39(62)46(64)52-23-34(60)25-67-36-14-15-37(27(5)19-36)43-55-49(70-57-43)33-18-30(8)45(51-22-33)59(12-3)13-4/h14-22,34-35,39-40,60-63H,10-13,23-26H2,1-9H3,(H,52,64)(H,53,65). The first-order valence-electron chi connectivity index (χ1n) is 23.0. The van der Waals surface area contributed by atoms with Gasteiger partial charge in [0, 0.05) is 62.8 Å². The SMILES string of the molecule is CCN(CC)c1ncc(-c2nc(-c3cc(C)c(OCC(O)CNC(=O)C(O)C(O)C(=O)NCC(O)COc4ccc(-c5noc(-c6cnc(N(CC)CC)c(C)c6)n5)c(C)c4)c(OC)c3)no2)cc1C. The largest absolute Gasteiger partial charge is 0.493 e. The number of amides is 2. The maximum atomic E-state index is 12.7. The number of nitrogens with one attached hydrogen (secondary N) is 2. The molecular weight excluding hydrogens is 905 g/mol. The molecule has 6 aromatic rings. The van der Waals surface area contributed by atoms with Gasteiger partial charge < -0.3 is 64.1 Å². The molecule has 4 heterocycles. The minimum Gasteiger partial charge on any atom is -0.493 e. The van der Waals surface area contributed by atoms with Crippen LogP contribution >= 0.6 is 0 Å². The lowest BCUT2D eigenvalue weighted by molar-refractivity contribution is -0.146. The molecule has 2 aromatic carbocycles. The summed E-state index contributed by atoms with van der Waals surface area (Å²) in [5, 5.41) is 54.8. The van der Waals surface area contributed by atoms with E-state index in [1.165, 1.54) is 7.11 Å². The number of aryl methyl sites for hydroxylation is 4. The number of ether oxygens (including phenoxy) is 3. The summed E-state index contributed by atoms with van der Waals surface area (Å²) < 4.78 is 28.3. The lowest BCUT2D eigenvalue weighted by Gasteiger charge is -2.21. The normalized spacial score (nSPS) is 13.0. The number of nitrogens with zero attached hydrogens (tertiary/aromatic N) is 8. The minimum atomic E-state index is -2.19. The highest BCUT2D eigenvalue weighted by molar-refractivity contribution is 5.90. The van der Waals surface area contributed by atoms with Gasteiger partial charge >= 0.3 is 0 Å². The molecule has 2 amide bonds. The Kier molecular flexibility index (Phi) is 17.8. The second-order valence-corrected chi connectivity index (χ2v) is 16.5. The van der Waals surface area contributed by atoms with Crippen LogP contribution in [0.4, 0.5) is 11.6 Å². The zero-order valence-corrected chi connectivity index (χ0v) is 40.9.